The minimum Gasteiger partial charge on any atom is -0.376 e. The van der Waals surface area contributed by atoms with Crippen LogP contribution in [0.2, 0.25) is 0 Å². The van der Waals surface area contributed by atoms with Gasteiger partial charge in [-0.05, 0) is 38.5 Å². The van der Waals surface area contributed by atoms with Gasteiger partial charge in [-0.1, -0.05) is 0 Å². The van der Waals surface area contributed by atoms with Crippen LogP contribution in [0.1, 0.15) is 36.3 Å². The molecule has 3 nitrogen and oxygen atoms in total. The van der Waals surface area contributed by atoms with Gasteiger partial charge in [-0.25, -0.2) is 4.98 Å². The molecule has 88 valence electrons. The first-order valence-electron chi connectivity index (χ1n) is 6.26. The number of rotatable bonds is 3. The lowest BCUT2D eigenvalue weighted by Crippen LogP contribution is -2.18. The smallest absolute Gasteiger partial charge is 0.183 e. The molecular weight excluding hydrogens is 220 g/mol. The Morgan fingerprint density at radius 2 is 2.25 bits per heavy atom. The Kier molecular flexibility index (Phi) is 3.11. The molecule has 3 rings (SSSR count). The predicted octanol–water partition coefficient (Wildman–Crippen LogP) is 2.61. The van der Waals surface area contributed by atoms with E-state index in [-0.39, 0.29) is 0 Å². The Morgan fingerprint density at radius 3 is 3.06 bits per heavy atom. The van der Waals surface area contributed by atoms with Crippen LogP contribution in [0.3, 0.4) is 0 Å². The zero-order valence-corrected chi connectivity index (χ0v) is 10.3. The van der Waals surface area contributed by atoms with Gasteiger partial charge in [-0.2, -0.15) is 0 Å². The zero-order valence-electron chi connectivity index (χ0n) is 9.50. The number of aryl methyl sites for hydroxylation is 2. The van der Waals surface area contributed by atoms with Gasteiger partial charge < -0.3 is 10.1 Å². The first-order chi connectivity index (χ1) is 7.92. The Hall–Kier alpha value is -0.610. The molecule has 1 aromatic rings. The van der Waals surface area contributed by atoms with Crippen molar-refractivity contribution in [3.63, 3.8) is 0 Å². The van der Waals surface area contributed by atoms with Crippen LogP contribution < -0.4 is 5.32 Å². The molecule has 0 spiro atoms. The number of hydrogen-bond acceptors (Lipinski definition) is 4. The molecule has 0 amide bonds. The van der Waals surface area contributed by atoms with Crippen molar-refractivity contribution in [2.24, 2.45) is 0 Å². The lowest BCUT2D eigenvalue weighted by Gasteiger charge is -2.08. The van der Waals surface area contributed by atoms with Gasteiger partial charge in [0.1, 0.15) is 0 Å². The number of thiazole rings is 1. The molecule has 1 aliphatic carbocycles. The molecule has 1 fully saturated rings. The van der Waals surface area contributed by atoms with Crippen LogP contribution in [0.25, 0.3) is 0 Å². The van der Waals surface area contributed by atoms with Gasteiger partial charge in [0.05, 0.1) is 11.8 Å². The summed E-state index contributed by atoms with van der Waals surface area (Å²) in [4.78, 5) is 6.16. The number of aromatic nitrogens is 1. The standard InChI is InChI=1S/C12H18N2OS/c1-2-6-11-10(5-1)14-12(16-11)13-8-9-4-3-7-15-9/h9H,1-8H2,(H,13,14). The zero-order chi connectivity index (χ0) is 10.8. The van der Waals surface area contributed by atoms with Crippen molar-refractivity contribution in [2.45, 2.75) is 44.6 Å². The summed E-state index contributed by atoms with van der Waals surface area (Å²) in [5.41, 5.74) is 1.34. The lowest BCUT2D eigenvalue weighted by atomic mass is 10.0. The second kappa shape index (κ2) is 4.72. The van der Waals surface area contributed by atoms with Crippen LogP contribution in [-0.2, 0) is 17.6 Å². The summed E-state index contributed by atoms with van der Waals surface area (Å²) in [6.07, 6.45) is 7.85. The highest BCUT2D eigenvalue weighted by Gasteiger charge is 2.18. The normalized spacial score (nSPS) is 24.4. The molecule has 1 saturated heterocycles. The van der Waals surface area contributed by atoms with E-state index in [1.165, 1.54) is 49.1 Å². The Balaban J connectivity index is 1.59. The topological polar surface area (TPSA) is 34.1 Å². The molecule has 1 N–H and O–H groups in total. The van der Waals surface area contributed by atoms with E-state index >= 15 is 0 Å². The molecule has 0 radical (unpaired) electrons. The number of hydrogen-bond donors (Lipinski definition) is 1. The minimum atomic E-state index is 0.404. The Morgan fingerprint density at radius 1 is 1.31 bits per heavy atom. The van der Waals surface area contributed by atoms with E-state index in [2.05, 4.69) is 10.3 Å². The predicted molar refractivity (Wildman–Crippen MR) is 66.2 cm³/mol. The van der Waals surface area contributed by atoms with Crippen molar-refractivity contribution in [3.8, 4) is 0 Å². The van der Waals surface area contributed by atoms with E-state index in [9.17, 15) is 0 Å². The maximum absolute atomic E-state index is 5.59. The van der Waals surface area contributed by atoms with Crippen LogP contribution in [-0.4, -0.2) is 24.2 Å². The van der Waals surface area contributed by atoms with Gasteiger partial charge in [0, 0.05) is 18.0 Å². The highest BCUT2D eigenvalue weighted by Crippen LogP contribution is 2.29. The fourth-order valence-corrected chi connectivity index (χ4v) is 3.49. The molecule has 1 aliphatic heterocycles. The summed E-state index contributed by atoms with van der Waals surface area (Å²) in [5.74, 6) is 0. The van der Waals surface area contributed by atoms with E-state index in [1.54, 1.807) is 0 Å². The van der Waals surface area contributed by atoms with Crippen LogP contribution in [0.5, 0.6) is 0 Å². The number of fused-ring (bicyclic) bond motifs is 1. The van der Waals surface area contributed by atoms with Crippen LogP contribution in [0.4, 0.5) is 5.13 Å². The van der Waals surface area contributed by atoms with Crippen LogP contribution in [0, 0.1) is 0 Å². The summed E-state index contributed by atoms with van der Waals surface area (Å²) in [7, 11) is 0. The van der Waals surface area contributed by atoms with Gasteiger partial charge in [0.2, 0.25) is 0 Å². The number of nitrogens with one attached hydrogen (secondary N) is 1. The van der Waals surface area contributed by atoms with Gasteiger partial charge in [0.25, 0.3) is 0 Å². The largest absolute Gasteiger partial charge is 0.376 e. The third-order valence-electron chi connectivity index (χ3n) is 3.35. The Bertz CT molecular complexity index is 334. The van der Waals surface area contributed by atoms with Gasteiger partial charge >= 0.3 is 0 Å². The first kappa shape index (κ1) is 10.5. The third kappa shape index (κ3) is 2.23. The molecule has 1 atom stereocenters. The highest BCUT2D eigenvalue weighted by atomic mass is 32.1. The number of ether oxygens (including phenoxy) is 1. The minimum absolute atomic E-state index is 0.404. The molecule has 0 saturated carbocycles. The second-order valence-electron chi connectivity index (χ2n) is 4.61. The molecule has 2 heterocycles. The summed E-state index contributed by atoms with van der Waals surface area (Å²) in [6.45, 7) is 1.85. The maximum atomic E-state index is 5.59. The summed E-state index contributed by atoms with van der Waals surface area (Å²) < 4.78 is 5.59. The first-order valence-corrected chi connectivity index (χ1v) is 7.07. The monoisotopic (exact) mass is 238 g/mol. The van der Waals surface area contributed by atoms with Crippen LogP contribution in [0.15, 0.2) is 0 Å². The van der Waals surface area contributed by atoms with E-state index < -0.39 is 0 Å². The van der Waals surface area contributed by atoms with Crippen molar-refractivity contribution in [1.82, 2.24) is 4.98 Å². The number of anilines is 1. The molecule has 1 unspecified atom stereocenters. The SMILES string of the molecule is C1CCc2sc(NCC3CCCO3)nc2C1. The van der Waals surface area contributed by atoms with Crippen molar-refractivity contribution < 1.29 is 4.74 Å². The average molecular weight is 238 g/mol. The molecule has 1 aromatic heterocycles. The van der Waals surface area contributed by atoms with E-state index in [0.29, 0.717) is 6.10 Å². The van der Waals surface area contributed by atoms with E-state index in [0.717, 1.165) is 18.3 Å². The fraction of sp³-hybridized carbons (Fsp3) is 0.750. The number of nitrogens with zero attached hydrogens (tertiary/aromatic N) is 1. The molecule has 4 heteroatoms. The van der Waals surface area contributed by atoms with E-state index in [1.807, 2.05) is 11.3 Å². The lowest BCUT2D eigenvalue weighted by molar-refractivity contribution is 0.120. The van der Waals surface area contributed by atoms with Gasteiger partial charge in [0.15, 0.2) is 5.13 Å². The fourth-order valence-electron chi connectivity index (χ4n) is 2.43. The van der Waals surface area contributed by atoms with Crippen LogP contribution >= 0.6 is 11.3 Å². The van der Waals surface area contributed by atoms with Crippen molar-refractivity contribution in [3.05, 3.63) is 10.6 Å². The van der Waals surface area contributed by atoms with E-state index in [4.69, 9.17) is 4.74 Å². The van der Waals surface area contributed by atoms with Gasteiger partial charge in [-0.15, -0.1) is 11.3 Å². The Labute approximate surface area is 100 Å². The molecule has 0 aromatic carbocycles. The van der Waals surface area contributed by atoms with Gasteiger partial charge in [-0.3, -0.25) is 0 Å². The van der Waals surface area contributed by atoms with Crippen molar-refractivity contribution >= 4 is 16.5 Å². The summed E-state index contributed by atoms with van der Waals surface area (Å²) >= 11 is 1.84. The summed E-state index contributed by atoms with van der Waals surface area (Å²) in [6, 6.07) is 0. The second-order valence-corrected chi connectivity index (χ2v) is 5.70. The molecule has 16 heavy (non-hydrogen) atoms. The van der Waals surface area contributed by atoms with Crippen molar-refractivity contribution in [2.75, 3.05) is 18.5 Å². The third-order valence-corrected chi connectivity index (χ3v) is 4.47. The molecular formula is C12H18N2OS. The quantitative estimate of drug-likeness (QED) is 0.879. The maximum Gasteiger partial charge on any atom is 0.183 e. The van der Waals surface area contributed by atoms with Crippen molar-refractivity contribution in [1.29, 1.82) is 0 Å². The molecule has 2 aliphatic rings. The highest BCUT2D eigenvalue weighted by molar-refractivity contribution is 7.15. The summed E-state index contributed by atoms with van der Waals surface area (Å²) in [5, 5.41) is 4.53. The molecule has 0 bridgehead atoms. The average Bonchev–Trinajstić information content (AvgIpc) is 2.95.